The molecule has 100 valence electrons. The summed E-state index contributed by atoms with van der Waals surface area (Å²) in [5.41, 5.74) is 1.29. The van der Waals surface area contributed by atoms with E-state index in [1.165, 1.54) is 36.1 Å². The number of rotatable bonds is 3. The number of thiazole rings is 1. The van der Waals surface area contributed by atoms with Crippen molar-refractivity contribution in [1.82, 2.24) is 4.98 Å². The molecule has 0 aliphatic rings. The Labute approximate surface area is 123 Å². The third kappa shape index (κ3) is 2.46. The van der Waals surface area contributed by atoms with Crippen LogP contribution in [0.5, 0.6) is 0 Å². The van der Waals surface area contributed by atoms with Gasteiger partial charge in [0.1, 0.15) is 5.82 Å². The summed E-state index contributed by atoms with van der Waals surface area (Å²) >= 11 is 2.70. The average molecular weight is 303 g/mol. The van der Waals surface area contributed by atoms with Crippen LogP contribution in [0.15, 0.2) is 51.7 Å². The Hall–Kier alpha value is -1.72. The number of aromatic nitrogens is 1. The maximum Gasteiger partial charge on any atom is 0.161 e. The molecule has 2 nitrogen and oxygen atoms in total. The molecule has 3 rings (SSSR count). The SMILES string of the molecule is CC(=O)c1cccc(F)c1Sc1nc2ccccc2s1. The van der Waals surface area contributed by atoms with Crippen molar-refractivity contribution >= 4 is 39.1 Å². The smallest absolute Gasteiger partial charge is 0.161 e. The fourth-order valence-electron chi connectivity index (χ4n) is 1.87. The molecule has 2 aromatic carbocycles. The molecule has 1 heterocycles. The van der Waals surface area contributed by atoms with E-state index in [9.17, 15) is 9.18 Å². The summed E-state index contributed by atoms with van der Waals surface area (Å²) in [6.45, 7) is 1.44. The summed E-state index contributed by atoms with van der Waals surface area (Å²) < 4.78 is 15.7. The molecule has 0 atom stereocenters. The Kier molecular flexibility index (Phi) is 3.54. The van der Waals surface area contributed by atoms with E-state index < -0.39 is 0 Å². The predicted molar refractivity (Wildman–Crippen MR) is 80.1 cm³/mol. The van der Waals surface area contributed by atoms with Crippen molar-refractivity contribution in [2.24, 2.45) is 0 Å². The number of hydrogen-bond donors (Lipinski definition) is 0. The molecule has 20 heavy (non-hydrogen) atoms. The lowest BCUT2D eigenvalue weighted by Gasteiger charge is -2.05. The molecule has 0 saturated carbocycles. The highest BCUT2D eigenvalue weighted by Crippen LogP contribution is 2.37. The van der Waals surface area contributed by atoms with Crippen LogP contribution in [0.3, 0.4) is 0 Å². The molecule has 0 amide bonds. The van der Waals surface area contributed by atoms with Gasteiger partial charge in [0.15, 0.2) is 10.1 Å². The molecule has 0 spiro atoms. The summed E-state index contributed by atoms with van der Waals surface area (Å²) in [5.74, 6) is -0.532. The van der Waals surface area contributed by atoms with E-state index in [0.717, 1.165) is 14.6 Å². The summed E-state index contributed by atoms with van der Waals surface area (Å²) in [5, 5.41) is 0. The van der Waals surface area contributed by atoms with Gasteiger partial charge in [-0.25, -0.2) is 9.37 Å². The van der Waals surface area contributed by atoms with Crippen LogP contribution in [0.2, 0.25) is 0 Å². The molecule has 0 aliphatic carbocycles. The summed E-state index contributed by atoms with van der Waals surface area (Å²) in [6.07, 6.45) is 0. The van der Waals surface area contributed by atoms with Crippen molar-refractivity contribution in [3.05, 3.63) is 53.8 Å². The van der Waals surface area contributed by atoms with Gasteiger partial charge in [0, 0.05) is 5.56 Å². The van der Waals surface area contributed by atoms with Crippen LogP contribution in [0, 0.1) is 5.82 Å². The number of ketones is 1. The molecule has 0 radical (unpaired) electrons. The van der Waals surface area contributed by atoms with Crippen molar-refractivity contribution < 1.29 is 9.18 Å². The van der Waals surface area contributed by atoms with Crippen molar-refractivity contribution in [2.45, 2.75) is 16.2 Å². The molecule has 1 aromatic heterocycles. The lowest BCUT2D eigenvalue weighted by atomic mass is 10.1. The lowest BCUT2D eigenvalue weighted by Crippen LogP contribution is -1.97. The van der Waals surface area contributed by atoms with Gasteiger partial charge in [-0.15, -0.1) is 11.3 Å². The highest BCUT2D eigenvalue weighted by Gasteiger charge is 2.15. The quantitative estimate of drug-likeness (QED) is 0.652. The number of halogens is 1. The first-order valence-electron chi connectivity index (χ1n) is 5.98. The molecule has 0 unspecified atom stereocenters. The first-order chi connectivity index (χ1) is 9.65. The van der Waals surface area contributed by atoms with E-state index in [4.69, 9.17) is 0 Å². The van der Waals surface area contributed by atoms with Gasteiger partial charge in [-0.2, -0.15) is 0 Å². The second kappa shape index (κ2) is 5.34. The van der Waals surface area contributed by atoms with Crippen LogP contribution in [0.25, 0.3) is 10.2 Å². The number of Topliss-reactive ketones (excluding diaryl/α,β-unsaturated/α-hetero) is 1. The van der Waals surface area contributed by atoms with Crippen molar-refractivity contribution in [3.63, 3.8) is 0 Å². The number of nitrogens with zero attached hydrogens (tertiary/aromatic N) is 1. The van der Waals surface area contributed by atoms with E-state index in [-0.39, 0.29) is 11.6 Å². The van der Waals surface area contributed by atoms with Gasteiger partial charge in [0.05, 0.1) is 15.1 Å². The molecule has 0 aliphatic heterocycles. The Bertz CT molecular complexity index is 764. The van der Waals surface area contributed by atoms with Gasteiger partial charge in [0.25, 0.3) is 0 Å². The average Bonchev–Trinajstić information content (AvgIpc) is 2.83. The zero-order valence-corrected chi connectivity index (χ0v) is 12.2. The van der Waals surface area contributed by atoms with Crippen LogP contribution in [-0.4, -0.2) is 10.8 Å². The van der Waals surface area contributed by atoms with Gasteiger partial charge in [0.2, 0.25) is 0 Å². The van der Waals surface area contributed by atoms with Crippen molar-refractivity contribution in [1.29, 1.82) is 0 Å². The Morgan fingerprint density at radius 1 is 1.20 bits per heavy atom. The summed E-state index contributed by atoms with van der Waals surface area (Å²) in [7, 11) is 0. The molecule has 0 saturated heterocycles. The minimum absolute atomic E-state index is 0.145. The van der Waals surface area contributed by atoms with E-state index in [0.29, 0.717) is 10.5 Å². The van der Waals surface area contributed by atoms with Crippen LogP contribution in [-0.2, 0) is 0 Å². The highest BCUT2D eigenvalue weighted by atomic mass is 32.2. The van der Waals surface area contributed by atoms with Gasteiger partial charge in [-0.05, 0) is 25.1 Å². The van der Waals surface area contributed by atoms with Gasteiger partial charge in [-0.1, -0.05) is 36.0 Å². The standard InChI is InChI=1S/C15H10FNOS2/c1-9(18)10-5-4-6-11(16)14(10)20-15-17-12-7-2-3-8-13(12)19-15/h2-8H,1H3. The van der Waals surface area contributed by atoms with Crippen LogP contribution >= 0.6 is 23.1 Å². The molecule has 0 bridgehead atoms. The molecular weight excluding hydrogens is 293 g/mol. The van der Waals surface area contributed by atoms with Gasteiger partial charge >= 0.3 is 0 Å². The fourth-order valence-corrected chi connectivity index (χ4v) is 4.06. The number of carbonyl (C=O) groups is 1. The van der Waals surface area contributed by atoms with Crippen molar-refractivity contribution in [2.75, 3.05) is 0 Å². The first kappa shape index (κ1) is 13.3. The topological polar surface area (TPSA) is 30.0 Å². The molecular formula is C15H10FNOS2. The fraction of sp³-hybridized carbons (Fsp3) is 0.0667. The zero-order chi connectivity index (χ0) is 14.1. The largest absolute Gasteiger partial charge is 0.294 e. The van der Waals surface area contributed by atoms with E-state index in [1.807, 2.05) is 24.3 Å². The summed E-state index contributed by atoms with van der Waals surface area (Å²) in [4.78, 5) is 16.4. The second-order valence-corrected chi connectivity index (χ2v) is 6.51. The Balaban J connectivity index is 2.04. The van der Waals surface area contributed by atoms with Crippen LogP contribution in [0.4, 0.5) is 4.39 Å². The second-order valence-electron chi connectivity index (χ2n) is 4.22. The summed E-state index contributed by atoms with van der Waals surface area (Å²) in [6, 6.07) is 12.3. The normalized spacial score (nSPS) is 10.9. The number of fused-ring (bicyclic) bond motifs is 1. The van der Waals surface area contributed by atoms with Gasteiger partial charge in [-0.3, -0.25) is 4.79 Å². The van der Waals surface area contributed by atoms with Crippen molar-refractivity contribution in [3.8, 4) is 0 Å². The minimum Gasteiger partial charge on any atom is -0.294 e. The number of benzene rings is 2. The van der Waals surface area contributed by atoms with E-state index in [2.05, 4.69) is 4.98 Å². The lowest BCUT2D eigenvalue weighted by molar-refractivity contribution is 0.101. The first-order valence-corrected chi connectivity index (χ1v) is 7.61. The maximum absolute atomic E-state index is 14.0. The maximum atomic E-state index is 14.0. The molecule has 0 N–H and O–H groups in total. The van der Waals surface area contributed by atoms with E-state index >= 15 is 0 Å². The van der Waals surface area contributed by atoms with Gasteiger partial charge < -0.3 is 0 Å². The minimum atomic E-state index is -0.387. The van der Waals surface area contributed by atoms with E-state index in [1.54, 1.807) is 12.1 Å². The predicted octanol–water partition coefficient (Wildman–Crippen LogP) is 4.79. The van der Waals surface area contributed by atoms with Crippen LogP contribution in [0.1, 0.15) is 17.3 Å². The van der Waals surface area contributed by atoms with Crippen LogP contribution < -0.4 is 0 Å². The number of hydrogen-bond acceptors (Lipinski definition) is 4. The zero-order valence-electron chi connectivity index (χ0n) is 10.6. The molecule has 5 heteroatoms. The highest BCUT2D eigenvalue weighted by molar-refractivity contribution is 8.01. The third-order valence-electron chi connectivity index (χ3n) is 2.81. The molecule has 3 aromatic rings. The Morgan fingerprint density at radius 2 is 2.00 bits per heavy atom. The molecule has 0 fully saturated rings. The number of carbonyl (C=O) groups excluding carboxylic acids is 1. The third-order valence-corrected chi connectivity index (χ3v) is 5.03. The monoisotopic (exact) mass is 303 g/mol. The number of para-hydroxylation sites is 1. The Morgan fingerprint density at radius 3 is 2.75 bits per heavy atom.